The maximum absolute atomic E-state index is 13.0. The van der Waals surface area contributed by atoms with Crippen LogP contribution in [0.15, 0.2) is 36.9 Å². The van der Waals surface area contributed by atoms with Crippen LogP contribution in [0.4, 0.5) is 0 Å². The van der Waals surface area contributed by atoms with Gasteiger partial charge in [0, 0.05) is 39.5 Å². The number of fused-ring (bicyclic) bond motifs is 1. The second-order valence-electron chi connectivity index (χ2n) is 8.93. The number of carbonyl (C=O) groups excluding carboxylic acids is 1. The summed E-state index contributed by atoms with van der Waals surface area (Å²) in [6.07, 6.45) is 0.934. The summed E-state index contributed by atoms with van der Waals surface area (Å²) in [4.78, 5) is 17.9. The van der Waals surface area contributed by atoms with Crippen LogP contribution in [0.25, 0.3) is 22.2 Å². The topological polar surface area (TPSA) is 53.4 Å². The molecule has 0 aliphatic heterocycles. The van der Waals surface area contributed by atoms with Crippen LogP contribution in [0.3, 0.4) is 0 Å². The zero-order valence-electron chi connectivity index (χ0n) is 19.9. The minimum absolute atomic E-state index is 0.459. The maximum Gasteiger partial charge on any atom is 0.339 e. The number of carbonyl (C=O) groups is 1. The first-order chi connectivity index (χ1) is 15.0. The molecule has 0 spiro atoms. The van der Waals surface area contributed by atoms with Crippen LogP contribution < -0.4 is 0 Å². The number of hydrogen-bond acceptors (Lipinski definition) is 4. The Morgan fingerprint density at radius 2 is 1.84 bits per heavy atom. The van der Waals surface area contributed by atoms with Gasteiger partial charge in [-0.15, -0.1) is 6.58 Å². The molecular formula is C26H31ClN2O3. The molecule has 170 valence electrons. The number of esters is 1. The molecule has 0 bridgehead atoms. The molecule has 0 aliphatic carbocycles. The van der Waals surface area contributed by atoms with E-state index in [0.29, 0.717) is 22.8 Å². The molecule has 0 saturated carbocycles. The first-order valence-electron chi connectivity index (χ1n) is 10.6. The second kappa shape index (κ2) is 9.08. The van der Waals surface area contributed by atoms with E-state index in [-0.39, 0.29) is 0 Å². The van der Waals surface area contributed by atoms with Gasteiger partial charge >= 0.3 is 5.97 Å². The van der Waals surface area contributed by atoms with Gasteiger partial charge in [0.2, 0.25) is 0 Å². The van der Waals surface area contributed by atoms with E-state index in [1.807, 2.05) is 58.0 Å². The molecule has 0 aliphatic rings. The molecule has 2 aromatic heterocycles. The largest absolute Gasteiger partial charge is 0.467 e. The Morgan fingerprint density at radius 3 is 2.38 bits per heavy atom. The van der Waals surface area contributed by atoms with E-state index in [4.69, 9.17) is 26.1 Å². The van der Waals surface area contributed by atoms with Crippen molar-refractivity contribution in [2.75, 3.05) is 7.11 Å². The zero-order valence-corrected chi connectivity index (χ0v) is 20.6. The number of nitrogens with zero attached hydrogens (tertiary/aromatic N) is 2. The number of aromatic nitrogens is 2. The molecule has 3 rings (SSSR count). The summed E-state index contributed by atoms with van der Waals surface area (Å²) >= 11 is 6.19. The Morgan fingerprint density at radius 1 is 1.22 bits per heavy atom. The van der Waals surface area contributed by atoms with Gasteiger partial charge in [-0.1, -0.05) is 29.8 Å². The van der Waals surface area contributed by atoms with Crippen molar-refractivity contribution in [1.82, 2.24) is 9.55 Å². The monoisotopic (exact) mass is 454 g/mol. The lowest BCUT2D eigenvalue weighted by Crippen LogP contribution is -2.29. The van der Waals surface area contributed by atoms with Crippen molar-refractivity contribution in [2.45, 2.75) is 59.8 Å². The molecular weight excluding hydrogens is 424 g/mol. The van der Waals surface area contributed by atoms with Crippen LogP contribution in [-0.2, 0) is 20.8 Å². The fourth-order valence-electron chi connectivity index (χ4n) is 4.07. The Hall–Kier alpha value is -2.63. The van der Waals surface area contributed by atoms with E-state index in [1.54, 1.807) is 0 Å². The molecule has 6 heteroatoms. The van der Waals surface area contributed by atoms with Crippen molar-refractivity contribution in [1.29, 1.82) is 0 Å². The van der Waals surface area contributed by atoms with Crippen molar-refractivity contribution < 1.29 is 14.3 Å². The van der Waals surface area contributed by atoms with Crippen LogP contribution in [-0.4, -0.2) is 28.2 Å². The lowest BCUT2D eigenvalue weighted by Gasteiger charge is -2.28. The van der Waals surface area contributed by atoms with Crippen LogP contribution in [0.2, 0.25) is 5.02 Å². The molecule has 0 radical (unpaired) electrons. The predicted octanol–water partition coefficient (Wildman–Crippen LogP) is 6.50. The number of aryl methyl sites for hydroxylation is 2. The van der Waals surface area contributed by atoms with Gasteiger partial charge in [-0.3, -0.25) is 0 Å². The molecule has 5 nitrogen and oxygen atoms in total. The molecule has 0 fully saturated rings. The lowest BCUT2D eigenvalue weighted by molar-refractivity contribution is -0.164. The molecule has 1 aromatic carbocycles. The quantitative estimate of drug-likeness (QED) is 0.315. The molecule has 1 atom stereocenters. The molecule has 0 N–H and O–H groups in total. The van der Waals surface area contributed by atoms with Gasteiger partial charge in [0.1, 0.15) is 5.65 Å². The number of rotatable bonds is 6. The van der Waals surface area contributed by atoms with Gasteiger partial charge < -0.3 is 14.0 Å². The van der Waals surface area contributed by atoms with Crippen LogP contribution in [0.5, 0.6) is 0 Å². The van der Waals surface area contributed by atoms with Gasteiger partial charge in [-0.2, -0.15) is 0 Å². The number of methoxy groups -OCH3 is 1. The highest BCUT2D eigenvalue weighted by molar-refractivity contribution is 6.30. The standard InChI is InChI=1S/C26H31ClN2O3/c1-9-14-29-17(4)15(2)20-22(18-10-12-19(27)13-11-18)21(16(3)28-24(20)29)23(25(30)31-8)32-26(5,6)7/h9-13,23H,1,14H2,2-8H3. The molecule has 0 amide bonds. The Labute approximate surface area is 195 Å². The predicted molar refractivity (Wildman–Crippen MR) is 130 cm³/mol. The van der Waals surface area contributed by atoms with Gasteiger partial charge in [-0.25, -0.2) is 9.78 Å². The smallest absolute Gasteiger partial charge is 0.339 e. The fraction of sp³-hybridized carbons (Fsp3) is 0.385. The van der Waals surface area contributed by atoms with E-state index < -0.39 is 17.7 Å². The third-order valence-electron chi connectivity index (χ3n) is 5.58. The van der Waals surface area contributed by atoms with E-state index >= 15 is 0 Å². The Bertz CT molecular complexity index is 1170. The number of benzene rings is 1. The van der Waals surface area contributed by atoms with E-state index in [9.17, 15) is 4.79 Å². The summed E-state index contributed by atoms with van der Waals surface area (Å²) in [6, 6.07) is 7.63. The first-order valence-corrected chi connectivity index (χ1v) is 11.0. The highest BCUT2D eigenvalue weighted by Crippen LogP contribution is 2.42. The minimum atomic E-state index is -0.926. The van der Waals surface area contributed by atoms with Gasteiger partial charge in [0.05, 0.1) is 12.7 Å². The molecule has 0 saturated heterocycles. The van der Waals surface area contributed by atoms with Crippen molar-refractivity contribution in [3.05, 3.63) is 64.5 Å². The zero-order chi connectivity index (χ0) is 23.8. The SMILES string of the molecule is C=CCn1c(C)c(C)c2c(-c3ccc(Cl)cc3)c(C(OC(C)(C)C)C(=O)OC)c(C)nc21. The van der Waals surface area contributed by atoms with Crippen LogP contribution >= 0.6 is 11.6 Å². The average molecular weight is 455 g/mol. The third-order valence-corrected chi connectivity index (χ3v) is 5.83. The number of hydrogen-bond donors (Lipinski definition) is 0. The summed E-state index contributed by atoms with van der Waals surface area (Å²) in [7, 11) is 1.38. The Kier molecular flexibility index (Phi) is 6.82. The van der Waals surface area contributed by atoms with Gasteiger partial charge in [0.25, 0.3) is 0 Å². The van der Waals surface area contributed by atoms with Crippen molar-refractivity contribution in [3.8, 4) is 11.1 Å². The van der Waals surface area contributed by atoms with E-state index in [1.165, 1.54) is 7.11 Å². The molecule has 1 unspecified atom stereocenters. The lowest BCUT2D eigenvalue weighted by atomic mass is 9.91. The van der Waals surface area contributed by atoms with Crippen molar-refractivity contribution >= 4 is 28.6 Å². The first kappa shape index (κ1) is 24.0. The van der Waals surface area contributed by atoms with Crippen LogP contribution in [0.1, 0.15) is 49.4 Å². The Balaban J connectivity index is 2.49. The number of pyridine rings is 1. The van der Waals surface area contributed by atoms with Gasteiger partial charge in [-0.05, 0) is 64.8 Å². The summed E-state index contributed by atoms with van der Waals surface area (Å²) in [5.41, 5.74) is 5.75. The normalized spacial score (nSPS) is 12.8. The summed E-state index contributed by atoms with van der Waals surface area (Å²) < 4.78 is 13.6. The number of allylic oxidation sites excluding steroid dienone is 1. The summed E-state index contributed by atoms with van der Waals surface area (Å²) in [5, 5.41) is 1.63. The van der Waals surface area contributed by atoms with Crippen molar-refractivity contribution in [2.24, 2.45) is 0 Å². The fourth-order valence-corrected chi connectivity index (χ4v) is 4.20. The second-order valence-corrected chi connectivity index (χ2v) is 9.37. The van der Waals surface area contributed by atoms with E-state index in [0.717, 1.165) is 33.4 Å². The average Bonchev–Trinajstić information content (AvgIpc) is 2.95. The molecule has 32 heavy (non-hydrogen) atoms. The molecule has 2 heterocycles. The highest BCUT2D eigenvalue weighted by atomic mass is 35.5. The maximum atomic E-state index is 13.0. The van der Waals surface area contributed by atoms with Crippen LogP contribution in [0, 0.1) is 20.8 Å². The number of halogens is 1. The third kappa shape index (κ3) is 4.45. The van der Waals surface area contributed by atoms with Crippen molar-refractivity contribution in [3.63, 3.8) is 0 Å². The highest BCUT2D eigenvalue weighted by Gasteiger charge is 2.34. The van der Waals surface area contributed by atoms with E-state index in [2.05, 4.69) is 25.0 Å². The summed E-state index contributed by atoms with van der Waals surface area (Å²) in [6.45, 7) is 16.4. The minimum Gasteiger partial charge on any atom is -0.467 e. The molecule has 3 aromatic rings. The number of ether oxygens (including phenoxy) is 2. The summed E-state index contributed by atoms with van der Waals surface area (Å²) in [5.74, 6) is -0.459. The van der Waals surface area contributed by atoms with Gasteiger partial charge in [0.15, 0.2) is 6.10 Å².